The number of oxazole rings is 1. The Balaban J connectivity index is 1.69. The highest BCUT2D eigenvalue weighted by Crippen LogP contribution is 2.27. The number of carbonyl (C=O) groups excluding carboxylic acids is 1. The number of nitrogens with zero attached hydrogens (tertiary/aromatic N) is 1. The zero-order valence-corrected chi connectivity index (χ0v) is 18.8. The van der Waals surface area contributed by atoms with Gasteiger partial charge in [-0.25, -0.2) is 4.98 Å². The number of hydrogen-bond acceptors (Lipinski definition) is 4. The van der Waals surface area contributed by atoms with E-state index in [0.717, 1.165) is 28.6 Å². The molecule has 31 heavy (non-hydrogen) atoms. The molecule has 1 aromatic heterocycles. The van der Waals surface area contributed by atoms with Crippen molar-refractivity contribution in [1.82, 2.24) is 4.98 Å². The number of unbranched alkanes of at least 4 members (excludes halogenated alkanes) is 1. The van der Waals surface area contributed by atoms with Crippen molar-refractivity contribution in [3.05, 3.63) is 94.3 Å². The molecule has 0 unspecified atom stereocenters. The summed E-state index contributed by atoms with van der Waals surface area (Å²) in [5, 5.41) is 0. The van der Waals surface area contributed by atoms with Gasteiger partial charge in [-0.1, -0.05) is 53.5 Å². The fraction of sp³-hybridized carbons (Fsp3) is 0.154. The Kier molecular flexibility index (Phi) is 6.63. The minimum absolute atomic E-state index is 0.158. The van der Waals surface area contributed by atoms with Gasteiger partial charge in [0.25, 0.3) is 0 Å². The number of ketones is 1. The Morgan fingerprint density at radius 2 is 1.77 bits per heavy atom. The number of hydrogen-bond donors (Lipinski definition) is 0. The predicted octanol–water partition coefficient (Wildman–Crippen LogP) is 7.19. The van der Waals surface area contributed by atoms with Crippen LogP contribution in [-0.2, 0) is 0 Å². The Labute approximate surface area is 189 Å². The van der Waals surface area contributed by atoms with E-state index in [1.54, 1.807) is 12.1 Å². The second-order valence-electron chi connectivity index (χ2n) is 7.15. The molecule has 0 aliphatic rings. The van der Waals surface area contributed by atoms with E-state index in [4.69, 9.17) is 9.15 Å². The first-order valence-corrected chi connectivity index (χ1v) is 11.0. The van der Waals surface area contributed by atoms with Crippen molar-refractivity contribution in [1.29, 1.82) is 0 Å². The van der Waals surface area contributed by atoms with Gasteiger partial charge in [-0.15, -0.1) is 0 Å². The Morgan fingerprint density at radius 3 is 2.48 bits per heavy atom. The highest BCUT2D eigenvalue weighted by molar-refractivity contribution is 9.10. The Bertz CT molecular complexity index is 1170. The molecule has 4 aromatic rings. The second-order valence-corrected chi connectivity index (χ2v) is 8.07. The van der Waals surface area contributed by atoms with Crippen molar-refractivity contribution in [2.75, 3.05) is 6.61 Å². The highest BCUT2D eigenvalue weighted by Gasteiger charge is 2.20. The summed E-state index contributed by atoms with van der Waals surface area (Å²) >= 11 is 3.44. The molecule has 156 valence electrons. The largest absolute Gasteiger partial charge is 0.494 e. The van der Waals surface area contributed by atoms with E-state index in [0.29, 0.717) is 34.7 Å². The van der Waals surface area contributed by atoms with Crippen LogP contribution in [0.2, 0.25) is 0 Å². The van der Waals surface area contributed by atoms with Gasteiger partial charge in [-0.3, -0.25) is 4.79 Å². The lowest BCUT2D eigenvalue weighted by atomic mass is 10.0. The van der Waals surface area contributed by atoms with Crippen molar-refractivity contribution < 1.29 is 13.9 Å². The third-order valence-corrected chi connectivity index (χ3v) is 5.36. The van der Waals surface area contributed by atoms with Crippen LogP contribution < -0.4 is 4.74 Å². The van der Waals surface area contributed by atoms with Crippen LogP contribution in [0.5, 0.6) is 5.75 Å². The molecule has 0 amide bonds. The molecule has 0 atom stereocenters. The average Bonchev–Trinajstić information content (AvgIpc) is 3.23. The topological polar surface area (TPSA) is 52.3 Å². The number of rotatable bonds is 8. The molecule has 1 heterocycles. The zero-order valence-electron chi connectivity index (χ0n) is 17.2. The van der Waals surface area contributed by atoms with Gasteiger partial charge in [0.15, 0.2) is 11.4 Å². The number of fused-ring (bicyclic) bond motifs is 1. The number of Topliss-reactive ketones (excluding diaryl/α,β-unsaturated/α-hetero) is 1. The molecule has 0 N–H and O–H groups in total. The Morgan fingerprint density at radius 1 is 1.03 bits per heavy atom. The fourth-order valence-electron chi connectivity index (χ4n) is 3.13. The van der Waals surface area contributed by atoms with Gasteiger partial charge in [0.1, 0.15) is 11.3 Å². The summed E-state index contributed by atoms with van der Waals surface area (Å²) in [6.07, 6.45) is 3.88. The normalized spacial score (nSPS) is 11.6. The summed E-state index contributed by atoms with van der Waals surface area (Å²) in [6.45, 7) is 2.79. The molecule has 0 spiro atoms. The first-order chi connectivity index (χ1) is 15.1. The molecule has 0 aliphatic carbocycles. The molecule has 4 rings (SSSR count). The molecular weight excluding hydrogens is 454 g/mol. The van der Waals surface area contributed by atoms with Gasteiger partial charge in [0, 0.05) is 10.0 Å². The zero-order chi connectivity index (χ0) is 21.6. The first kappa shape index (κ1) is 21.1. The fourth-order valence-corrected chi connectivity index (χ4v) is 3.39. The van der Waals surface area contributed by atoms with Gasteiger partial charge in [0.05, 0.1) is 12.2 Å². The van der Waals surface area contributed by atoms with E-state index in [1.807, 2.05) is 66.7 Å². The molecule has 0 fully saturated rings. The highest BCUT2D eigenvalue weighted by atomic mass is 79.9. The molecule has 3 aromatic carbocycles. The quantitative estimate of drug-likeness (QED) is 0.153. The summed E-state index contributed by atoms with van der Waals surface area (Å²) in [4.78, 5) is 18.0. The predicted molar refractivity (Wildman–Crippen MR) is 127 cm³/mol. The molecule has 0 saturated carbocycles. The average molecular weight is 476 g/mol. The summed E-state index contributed by atoms with van der Waals surface area (Å²) in [6, 6.07) is 22.4. The molecule has 0 radical (unpaired) electrons. The lowest BCUT2D eigenvalue weighted by Gasteiger charge is -2.07. The molecule has 0 bridgehead atoms. The van der Waals surface area contributed by atoms with Crippen LogP contribution in [0, 0.1) is 0 Å². The Hall–Kier alpha value is -3.18. The number of ether oxygens (including phenoxy) is 1. The number of allylic oxidation sites excluding steroid dienone is 1. The van der Waals surface area contributed by atoms with Gasteiger partial charge in [0.2, 0.25) is 5.89 Å². The molecular formula is C26H22BrNO3. The minimum Gasteiger partial charge on any atom is -0.494 e. The van der Waals surface area contributed by atoms with Crippen LogP contribution in [0.15, 0.2) is 81.7 Å². The molecule has 5 heteroatoms. The molecule has 0 saturated heterocycles. The summed E-state index contributed by atoms with van der Waals surface area (Å²) in [5.41, 5.74) is 3.19. The van der Waals surface area contributed by atoms with Crippen molar-refractivity contribution in [2.24, 2.45) is 0 Å². The SMILES string of the molecule is CCCCOc1ccc(C(=O)C(=Cc2ccc(Br)cc2)c2nc3ccccc3o2)cc1. The van der Waals surface area contributed by atoms with Gasteiger partial charge in [-0.2, -0.15) is 0 Å². The second kappa shape index (κ2) is 9.75. The van der Waals surface area contributed by atoms with E-state index in [-0.39, 0.29) is 5.78 Å². The van der Waals surface area contributed by atoms with E-state index in [1.165, 1.54) is 0 Å². The van der Waals surface area contributed by atoms with Crippen molar-refractivity contribution >= 4 is 44.5 Å². The minimum atomic E-state index is -0.158. The van der Waals surface area contributed by atoms with Crippen molar-refractivity contribution in [2.45, 2.75) is 19.8 Å². The standard InChI is InChI=1S/C26H22BrNO3/c1-2-3-16-30-21-14-10-19(11-15-21)25(29)22(17-18-8-12-20(27)13-9-18)26-28-23-6-4-5-7-24(23)31-26/h4-15,17H,2-3,16H2,1H3. The summed E-state index contributed by atoms with van der Waals surface area (Å²) in [5.74, 6) is 0.900. The number of benzene rings is 3. The number of halogens is 1. The maximum absolute atomic E-state index is 13.4. The third-order valence-electron chi connectivity index (χ3n) is 4.83. The summed E-state index contributed by atoms with van der Waals surface area (Å²) < 4.78 is 12.6. The molecule has 4 nitrogen and oxygen atoms in total. The number of aromatic nitrogens is 1. The van der Waals surface area contributed by atoms with E-state index >= 15 is 0 Å². The van der Waals surface area contributed by atoms with Gasteiger partial charge < -0.3 is 9.15 Å². The monoisotopic (exact) mass is 475 g/mol. The van der Waals surface area contributed by atoms with Crippen LogP contribution in [-0.4, -0.2) is 17.4 Å². The van der Waals surface area contributed by atoms with Crippen LogP contribution >= 0.6 is 15.9 Å². The van der Waals surface area contributed by atoms with Gasteiger partial charge >= 0.3 is 0 Å². The third kappa shape index (κ3) is 5.12. The smallest absolute Gasteiger partial charge is 0.231 e. The number of carbonyl (C=O) groups is 1. The van der Waals surface area contributed by atoms with E-state index in [2.05, 4.69) is 27.8 Å². The maximum atomic E-state index is 13.4. The summed E-state index contributed by atoms with van der Waals surface area (Å²) in [7, 11) is 0. The maximum Gasteiger partial charge on any atom is 0.231 e. The van der Waals surface area contributed by atoms with Gasteiger partial charge in [-0.05, 0) is 66.6 Å². The van der Waals surface area contributed by atoms with Crippen LogP contribution in [0.1, 0.15) is 41.6 Å². The lowest BCUT2D eigenvalue weighted by molar-refractivity contribution is 0.105. The van der Waals surface area contributed by atoms with Crippen LogP contribution in [0.3, 0.4) is 0 Å². The van der Waals surface area contributed by atoms with Crippen molar-refractivity contribution in [3.8, 4) is 5.75 Å². The van der Waals surface area contributed by atoms with Crippen LogP contribution in [0.4, 0.5) is 0 Å². The first-order valence-electron chi connectivity index (χ1n) is 10.2. The number of para-hydroxylation sites is 2. The van der Waals surface area contributed by atoms with E-state index < -0.39 is 0 Å². The molecule has 0 aliphatic heterocycles. The van der Waals surface area contributed by atoms with E-state index in [9.17, 15) is 4.79 Å². The van der Waals surface area contributed by atoms with Crippen molar-refractivity contribution in [3.63, 3.8) is 0 Å². The van der Waals surface area contributed by atoms with Crippen LogP contribution in [0.25, 0.3) is 22.7 Å². The lowest BCUT2D eigenvalue weighted by Crippen LogP contribution is -2.04.